The molecule has 10 heavy (non-hydrogen) atoms. The Kier molecular flexibility index (Phi) is 0.974. The van der Waals surface area contributed by atoms with E-state index in [0.29, 0.717) is 12.1 Å². The molecule has 3 heteroatoms. The number of rotatable bonds is 0. The highest BCUT2D eigenvalue weighted by molar-refractivity contribution is 6.09. The number of hydrogen-bond donors (Lipinski definition) is 1. The molecule has 3 nitrogen and oxygen atoms in total. The highest BCUT2D eigenvalue weighted by Gasteiger charge is 2.18. The topological polar surface area (TPSA) is 41.5 Å². The molecule has 0 aromatic heterocycles. The second kappa shape index (κ2) is 1.80. The van der Waals surface area contributed by atoms with Gasteiger partial charge in [-0.05, 0) is 0 Å². The molecule has 1 N–H and O–H groups in total. The van der Waals surface area contributed by atoms with Crippen LogP contribution in [0, 0.1) is 0 Å². The lowest BCUT2D eigenvalue weighted by molar-refractivity contribution is -0.117. The van der Waals surface area contributed by atoms with Crippen molar-refractivity contribution >= 4 is 12.1 Å². The van der Waals surface area contributed by atoms with E-state index in [4.69, 9.17) is 0 Å². The molecule has 2 aliphatic rings. The van der Waals surface area contributed by atoms with E-state index >= 15 is 0 Å². The fourth-order valence-electron chi connectivity index (χ4n) is 1.04. The van der Waals surface area contributed by atoms with Gasteiger partial charge in [-0.3, -0.25) is 9.79 Å². The lowest BCUT2D eigenvalue weighted by Crippen LogP contribution is -2.29. The van der Waals surface area contributed by atoms with E-state index in [1.165, 1.54) is 0 Å². The Morgan fingerprint density at radius 3 is 3.30 bits per heavy atom. The molecule has 0 saturated carbocycles. The molecule has 0 aromatic rings. The summed E-state index contributed by atoms with van der Waals surface area (Å²) in [5.74, 6) is -0.0185. The third-order valence-electron chi connectivity index (χ3n) is 1.56. The highest BCUT2D eigenvalue weighted by atomic mass is 16.1. The number of hydrogen-bond acceptors (Lipinski definition) is 2. The molecule has 0 aliphatic carbocycles. The second-order valence-corrected chi connectivity index (χ2v) is 2.19. The normalized spacial score (nSPS) is 21.4. The van der Waals surface area contributed by atoms with Crippen molar-refractivity contribution in [1.82, 2.24) is 5.32 Å². The zero-order valence-electron chi connectivity index (χ0n) is 5.29. The molecule has 0 fully saturated rings. The maximum absolute atomic E-state index is 11.0. The predicted octanol–water partition coefficient (Wildman–Crippen LogP) is 0.0109. The van der Waals surface area contributed by atoms with Gasteiger partial charge in [0, 0.05) is 24.5 Å². The number of nitrogens with one attached hydrogen (secondary N) is 1. The third kappa shape index (κ3) is 0.603. The minimum Gasteiger partial charge on any atom is -0.348 e. The monoisotopic (exact) mass is 134 g/mol. The van der Waals surface area contributed by atoms with Crippen LogP contribution in [0.3, 0.4) is 0 Å². The van der Waals surface area contributed by atoms with E-state index in [1.54, 1.807) is 12.4 Å². The molecule has 0 unspecified atom stereocenters. The van der Waals surface area contributed by atoms with Crippen LogP contribution in [0.2, 0.25) is 0 Å². The molecular formula is C7H6N2O. The van der Waals surface area contributed by atoms with Crippen molar-refractivity contribution < 1.29 is 4.79 Å². The maximum Gasteiger partial charge on any atom is 0.253 e. The molecule has 0 radical (unpaired) electrons. The van der Waals surface area contributed by atoms with E-state index in [9.17, 15) is 4.79 Å². The fraction of sp³-hybridized carbons (Fsp3) is 0.143. The smallest absolute Gasteiger partial charge is 0.253 e. The van der Waals surface area contributed by atoms with Gasteiger partial charge in [-0.15, -0.1) is 0 Å². The fourth-order valence-corrected chi connectivity index (χ4v) is 1.04. The van der Waals surface area contributed by atoms with Crippen LogP contribution in [0.1, 0.15) is 0 Å². The first-order valence-electron chi connectivity index (χ1n) is 3.10. The van der Waals surface area contributed by atoms with Gasteiger partial charge in [0.2, 0.25) is 0 Å². The SMILES string of the molecule is O=C1NCC=C2C=NC=C12. The van der Waals surface area contributed by atoms with Gasteiger partial charge in [0.15, 0.2) is 0 Å². The zero-order chi connectivity index (χ0) is 6.97. The lowest BCUT2D eigenvalue weighted by atomic mass is 10.1. The van der Waals surface area contributed by atoms with Crippen LogP contribution in [0.5, 0.6) is 0 Å². The highest BCUT2D eigenvalue weighted by Crippen LogP contribution is 2.15. The molecule has 0 saturated heterocycles. The van der Waals surface area contributed by atoms with Crippen molar-refractivity contribution in [1.29, 1.82) is 0 Å². The maximum atomic E-state index is 11.0. The predicted molar refractivity (Wildman–Crippen MR) is 37.7 cm³/mol. The van der Waals surface area contributed by atoms with Gasteiger partial charge in [-0.25, -0.2) is 0 Å². The lowest BCUT2D eigenvalue weighted by Gasteiger charge is -2.09. The average molecular weight is 134 g/mol. The zero-order valence-corrected chi connectivity index (χ0v) is 5.29. The number of fused-ring (bicyclic) bond motifs is 1. The van der Waals surface area contributed by atoms with Crippen molar-refractivity contribution in [3.8, 4) is 0 Å². The number of amides is 1. The van der Waals surface area contributed by atoms with Crippen molar-refractivity contribution in [2.24, 2.45) is 4.99 Å². The molecule has 2 rings (SSSR count). The summed E-state index contributed by atoms with van der Waals surface area (Å²) in [4.78, 5) is 14.8. The van der Waals surface area contributed by atoms with Crippen LogP contribution < -0.4 is 5.32 Å². The first kappa shape index (κ1) is 5.41. The summed E-state index contributed by atoms with van der Waals surface area (Å²) in [5.41, 5.74) is 1.63. The van der Waals surface area contributed by atoms with Gasteiger partial charge in [0.1, 0.15) is 0 Å². The van der Waals surface area contributed by atoms with Gasteiger partial charge in [0.25, 0.3) is 5.91 Å². The first-order valence-corrected chi connectivity index (χ1v) is 3.10. The van der Waals surface area contributed by atoms with E-state index in [2.05, 4.69) is 10.3 Å². The Balaban J connectivity index is 2.46. The Labute approximate surface area is 58.1 Å². The summed E-state index contributed by atoms with van der Waals surface area (Å²) in [7, 11) is 0. The van der Waals surface area contributed by atoms with Gasteiger partial charge < -0.3 is 5.32 Å². The van der Waals surface area contributed by atoms with Crippen molar-refractivity contribution in [3.05, 3.63) is 23.4 Å². The Bertz CT molecular complexity index is 273. The van der Waals surface area contributed by atoms with Crippen molar-refractivity contribution in [2.75, 3.05) is 6.54 Å². The van der Waals surface area contributed by atoms with E-state index in [1.807, 2.05) is 6.08 Å². The van der Waals surface area contributed by atoms with Gasteiger partial charge in [-0.2, -0.15) is 0 Å². The van der Waals surface area contributed by atoms with E-state index < -0.39 is 0 Å². The minimum absolute atomic E-state index is 0.0185. The minimum atomic E-state index is -0.0185. The van der Waals surface area contributed by atoms with Crippen molar-refractivity contribution in [3.63, 3.8) is 0 Å². The molecule has 1 amide bonds. The second-order valence-electron chi connectivity index (χ2n) is 2.19. The van der Waals surface area contributed by atoms with Crippen LogP contribution in [0.4, 0.5) is 0 Å². The average Bonchev–Trinajstić information content (AvgIpc) is 2.36. The largest absolute Gasteiger partial charge is 0.348 e. The molecule has 0 spiro atoms. The molecule has 0 aromatic carbocycles. The molecule has 50 valence electrons. The van der Waals surface area contributed by atoms with Crippen LogP contribution in [0.15, 0.2) is 28.4 Å². The van der Waals surface area contributed by atoms with Gasteiger partial charge in [-0.1, -0.05) is 6.08 Å². The van der Waals surface area contributed by atoms with Gasteiger partial charge >= 0.3 is 0 Å². The number of aliphatic imine (C=N–C) groups is 1. The number of nitrogens with zero attached hydrogens (tertiary/aromatic N) is 1. The van der Waals surface area contributed by atoms with Crippen LogP contribution >= 0.6 is 0 Å². The molecule has 2 aliphatic heterocycles. The molecule has 2 heterocycles. The Hall–Kier alpha value is -1.38. The number of carbonyl (C=O) groups is 1. The van der Waals surface area contributed by atoms with Gasteiger partial charge in [0.05, 0.1) is 5.57 Å². The summed E-state index contributed by atoms with van der Waals surface area (Å²) in [5, 5.41) is 2.69. The summed E-state index contributed by atoms with van der Waals surface area (Å²) in [6, 6.07) is 0. The summed E-state index contributed by atoms with van der Waals surface area (Å²) >= 11 is 0. The molecule has 0 bridgehead atoms. The van der Waals surface area contributed by atoms with Crippen LogP contribution in [-0.2, 0) is 4.79 Å². The Morgan fingerprint density at radius 2 is 2.50 bits per heavy atom. The van der Waals surface area contributed by atoms with Crippen LogP contribution in [0.25, 0.3) is 0 Å². The van der Waals surface area contributed by atoms with E-state index in [0.717, 1.165) is 5.57 Å². The first-order chi connectivity index (χ1) is 4.88. The van der Waals surface area contributed by atoms with Crippen LogP contribution in [-0.4, -0.2) is 18.7 Å². The molecular weight excluding hydrogens is 128 g/mol. The van der Waals surface area contributed by atoms with E-state index in [-0.39, 0.29) is 5.91 Å². The standard InChI is InChI=1S/C7H6N2O/c10-7-6-4-8-3-5(6)1-2-9-7/h1,3-4H,2H2,(H,9,10). The Morgan fingerprint density at radius 1 is 1.60 bits per heavy atom. The van der Waals surface area contributed by atoms with Crippen molar-refractivity contribution in [2.45, 2.75) is 0 Å². The summed E-state index contributed by atoms with van der Waals surface area (Å²) in [6.07, 6.45) is 5.23. The summed E-state index contributed by atoms with van der Waals surface area (Å²) < 4.78 is 0. The quantitative estimate of drug-likeness (QED) is 0.498. The molecule has 0 atom stereocenters. The number of carbonyl (C=O) groups excluding carboxylic acids is 1. The third-order valence-corrected chi connectivity index (χ3v) is 1.56. The summed E-state index contributed by atoms with van der Waals surface area (Å²) in [6.45, 7) is 0.623.